The minimum absolute atomic E-state index is 0.0313. The van der Waals surface area contributed by atoms with Crippen molar-refractivity contribution in [3.05, 3.63) is 67.9 Å². The SMILES string of the molecule is COCCCn1c(C)cc(O)c(C(CC(=O)OC)c2cc3cc(OC)ccc3[nH]c2=O)c1=O. The zero-order valence-electron chi connectivity index (χ0n) is 19.1. The molecule has 2 aromatic heterocycles. The largest absolute Gasteiger partial charge is 0.507 e. The highest BCUT2D eigenvalue weighted by atomic mass is 16.5. The average Bonchev–Trinajstić information content (AvgIpc) is 2.79. The molecule has 3 aromatic rings. The van der Waals surface area contributed by atoms with Gasteiger partial charge in [0, 0.05) is 48.3 Å². The van der Waals surface area contributed by atoms with E-state index in [1.165, 1.54) is 24.9 Å². The van der Waals surface area contributed by atoms with Gasteiger partial charge in [0.2, 0.25) is 0 Å². The second kappa shape index (κ2) is 10.4. The van der Waals surface area contributed by atoms with Crippen molar-refractivity contribution < 1.29 is 24.1 Å². The highest BCUT2D eigenvalue weighted by Gasteiger charge is 2.29. The number of nitrogens with one attached hydrogen (secondary N) is 1. The Labute approximate surface area is 190 Å². The van der Waals surface area contributed by atoms with Crippen LogP contribution in [0.2, 0.25) is 0 Å². The Kier molecular flexibility index (Phi) is 7.55. The molecule has 3 rings (SSSR count). The molecule has 176 valence electrons. The van der Waals surface area contributed by atoms with Crippen molar-refractivity contribution in [3.63, 3.8) is 0 Å². The maximum absolute atomic E-state index is 13.4. The maximum atomic E-state index is 13.4. The Balaban J connectivity index is 2.23. The molecule has 2 heterocycles. The molecule has 0 aliphatic carbocycles. The van der Waals surface area contributed by atoms with Gasteiger partial charge in [0.25, 0.3) is 11.1 Å². The monoisotopic (exact) mass is 456 g/mol. The number of hydrogen-bond donors (Lipinski definition) is 2. The number of methoxy groups -OCH3 is 3. The fourth-order valence-electron chi connectivity index (χ4n) is 3.95. The smallest absolute Gasteiger partial charge is 0.306 e. The fourth-order valence-corrected chi connectivity index (χ4v) is 3.95. The predicted molar refractivity (Wildman–Crippen MR) is 123 cm³/mol. The summed E-state index contributed by atoms with van der Waals surface area (Å²) in [6, 6.07) is 8.24. The lowest BCUT2D eigenvalue weighted by Crippen LogP contribution is -2.31. The Bertz CT molecular complexity index is 1280. The van der Waals surface area contributed by atoms with Crippen LogP contribution in [0.4, 0.5) is 0 Å². The Morgan fingerprint density at radius 3 is 2.58 bits per heavy atom. The van der Waals surface area contributed by atoms with Crippen molar-refractivity contribution >= 4 is 16.9 Å². The lowest BCUT2D eigenvalue weighted by molar-refractivity contribution is -0.140. The molecule has 0 radical (unpaired) electrons. The third-order valence-corrected chi connectivity index (χ3v) is 5.66. The molecule has 1 atom stereocenters. The second-order valence-electron chi connectivity index (χ2n) is 7.73. The standard InChI is InChI=1S/C24H28N2O7/c1-14-10-20(27)22(24(30)26(14)8-5-9-31-2)17(13-21(28)33-4)18-12-15-11-16(32-3)6-7-19(15)25-23(18)29/h6-7,10-12,17,27H,5,8-9,13H2,1-4H3,(H,25,29). The molecule has 0 aliphatic rings. The average molecular weight is 456 g/mol. The number of esters is 1. The highest BCUT2D eigenvalue weighted by Crippen LogP contribution is 2.32. The minimum Gasteiger partial charge on any atom is -0.507 e. The summed E-state index contributed by atoms with van der Waals surface area (Å²) in [6.07, 6.45) is 0.290. The lowest BCUT2D eigenvalue weighted by Gasteiger charge is -2.20. The van der Waals surface area contributed by atoms with E-state index < -0.39 is 23.0 Å². The van der Waals surface area contributed by atoms with E-state index in [2.05, 4.69) is 4.98 Å². The van der Waals surface area contributed by atoms with E-state index >= 15 is 0 Å². The molecule has 0 fully saturated rings. The molecule has 1 unspecified atom stereocenters. The number of pyridine rings is 2. The summed E-state index contributed by atoms with van der Waals surface area (Å²) in [5, 5.41) is 11.4. The number of rotatable bonds is 9. The third kappa shape index (κ3) is 5.09. The number of aromatic nitrogens is 2. The Morgan fingerprint density at radius 1 is 1.15 bits per heavy atom. The van der Waals surface area contributed by atoms with Crippen LogP contribution >= 0.6 is 0 Å². The summed E-state index contributed by atoms with van der Waals surface area (Å²) >= 11 is 0. The van der Waals surface area contributed by atoms with Crippen molar-refractivity contribution in [1.29, 1.82) is 0 Å². The second-order valence-corrected chi connectivity index (χ2v) is 7.73. The van der Waals surface area contributed by atoms with Gasteiger partial charge in [0.15, 0.2) is 0 Å². The van der Waals surface area contributed by atoms with Gasteiger partial charge in [0.05, 0.1) is 26.2 Å². The number of fused-ring (bicyclic) bond motifs is 1. The van der Waals surface area contributed by atoms with Gasteiger partial charge in [-0.05, 0) is 43.7 Å². The van der Waals surface area contributed by atoms with Gasteiger partial charge in [0.1, 0.15) is 11.5 Å². The predicted octanol–water partition coefficient (Wildman–Crippen LogP) is 2.44. The summed E-state index contributed by atoms with van der Waals surface area (Å²) < 4.78 is 16.7. The number of aromatic amines is 1. The molecule has 0 saturated heterocycles. The number of nitrogens with zero attached hydrogens (tertiary/aromatic N) is 1. The molecule has 0 bridgehead atoms. The van der Waals surface area contributed by atoms with Gasteiger partial charge in [-0.3, -0.25) is 14.4 Å². The zero-order valence-corrected chi connectivity index (χ0v) is 19.1. The highest BCUT2D eigenvalue weighted by molar-refractivity contribution is 5.81. The van der Waals surface area contributed by atoms with E-state index in [9.17, 15) is 19.5 Å². The number of aromatic hydroxyl groups is 1. The van der Waals surface area contributed by atoms with Crippen LogP contribution in [0.15, 0.2) is 39.9 Å². The molecular weight excluding hydrogens is 428 g/mol. The number of carbonyl (C=O) groups excluding carboxylic acids is 1. The molecule has 0 saturated carbocycles. The number of carbonyl (C=O) groups is 1. The van der Waals surface area contributed by atoms with Gasteiger partial charge < -0.3 is 28.9 Å². The van der Waals surface area contributed by atoms with E-state index in [1.54, 1.807) is 38.3 Å². The first-order valence-electron chi connectivity index (χ1n) is 10.5. The van der Waals surface area contributed by atoms with Crippen LogP contribution in [0.5, 0.6) is 11.5 Å². The van der Waals surface area contributed by atoms with E-state index in [1.807, 2.05) is 0 Å². The Morgan fingerprint density at radius 2 is 1.91 bits per heavy atom. The van der Waals surface area contributed by atoms with Gasteiger partial charge in [-0.2, -0.15) is 0 Å². The number of H-pyrrole nitrogens is 1. The molecule has 0 amide bonds. The van der Waals surface area contributed by atoms with Gasteiger partial charge >= 0.3 is 5.97 Å². The van der Waals surface area contributed by atoms with Crippen LogP contribution in [0.3, 0.4) is 0 Å². The lowest BCUT2D eigenvalue weighted by atomic mass is 9.88. The van der Waals surface area contributed by atoms with Crippen LogP contribution in [0.1, 0.15) is 35.6 Å². The Hall–Kier alpha value is -3.59. The van der Waals surface area contributed by atoms with Gasteiger partial charge in [-0.15, -0.1) is 0 Å². The molecule has 33 heavy (non-hydrogen) atoms. The molecule has 1 aromatic carbocycles. The number of ether oxygens (including phenoxy) is 3. The first-order chi connectivity index (χ1) is 15.8. The van der Waals surface area contributed by atoms with E-state index in [4.69, 9.17) is 14.2 Å². The maximum Gasteiger partial charge on any atom is 0.306 e. The quantitative estimate of drug-likeness (QED) is 0.375. The van der Waals surface area contributed by atoms with Crippen molar-refractivity contribution in [2.75, 3.05) is 27.9 Å². The summed E-state index contributed by atoms with van der Waals surface area (Å²) in [7, 11) is 4.34. The minimum atomic E-state index is -1.02. The third-order valence-electron chi connectivity index (χ3n) is 5.66. The topological polar surface area (TPSA) is 120 Å². The van der Waals surface area contributed by atoms with Crippen LogP contribution in [-0.2, 0) is 20.8 Å². The molecule has 9 heteroatoms. The molecule has 0 aliphatic heterocycles. The van der Waals surface area contributed by atoms with Crippen LogP contribution in [0, 0.1) is 6.92 Å². The van der Waals surface area contributed by atoms with Crippen LogP contribution in [0.25, 0.3) is 10.9 Å². The number of aryl methyl sites for hydroxylation is 1. The van der Waals surface area contributed by atoms with E-state index in [0.29, 0.717) is 41.9 Å². The summed E-state index contributed by atoms with van der Waals surface area (Å²) in [4.78, 5) is 41.5. The van der Waals surface area contributed by atoms with Crippen molar-refractivity contribution in [3.8, 4) is 11.5 Å². The van der Waals surface area contributed by atoms with E-state index in [-0.39, 0.29) is 23.3 Å². The number of benzene rings is 1. The first kappa shape index (κ1) is 24.1. The van der Waals surface area contributed by atoms with Crippen LogP contribution in [-0.4, -0.2) is 48.6 Å². The van der Waals surface area contributed by atoms with Crippen LogP contribution < -0.4 is 15.9 Å². The van der Waals surface area contributed by atoms with Crippen molar-refractivity contribution in [2.24, 2.45) is 0 Å². The number of hydrogen-bond acceptors (Lipinski definition) is 7. The normalized spacial score (nSPS) is 12.0. The zero-order chi connectivity index (χ0) is 24.1. The van der Waals surface area contributed by atoms with Crippen molar-refractivity contribution in [2.45, 2.75) is 32.2 Å². The molecule has 0 spiro atoms. The van der Waals surface area contributed by atoms with Crippen molar-refractivity contribution in [1.82, 2.24) is 9.55 Å². The van der Waals surface area contributed by atoms with Gasteiger partial charge in [-0.1, -0.05) is 0 Å². The molecular formula is C24H28N2O7. The summed E-state index contributed by atoms with van der Waals surface area (Å²) in [5.41, 5.74) is 0.337. The van der Waals surface area contributed by atoms with E-state index in [0.717, 1.165) is 0 Å². The summed E-state index contributed by atoms with van der Waals surface area (Å²) in [5.74, 6) is -1.32. The summed E-state index contributed by atoms with van der Waals surface area (Å²) in [6.45, 7) is 2.53. The molecule has 9 nitrogen and oxygen atoms in total. The molecule has 2 N–H and O–H groups in total. The van der Waals surface area contributed by atoms with Gasteiger partial charge in [-0.25, -0.2) is 0 Å². The first-order valence-corrected chi connectivity index (χ1v) is 10.5. The fraction of sp³-hybridized carbons (Fsp3) is 0.375.